The predicted octanol–water partition coefficient (Wildman–Crippen LogP) is 5.40. The third-order valence-electron chi connectivity index (χ3n) is 6.19. The molecular formula is C30H24FN5O6S. The summed E-state index contributed by atoms with van der Waals surface area (Å²) >= 11 is 0. The molecule has 4 aromatic carbocycles. The quantitative estimate of drug-likeness (QED) is 0.179. The Morgan fingerprint density at radius 2 is 1.56 bits per heavy atom. The number of fused-ring (bicyclic) bond motifs is 1. The number of anilines is 4. The van der Waals surface area contributed by atoms with Crippen LogP contribution in [-0.2, 0) is 10.0 Å². The van der Waals surface area contributed by atoms with Crippen molar-refractivity contribution in [3.8, 4) is 11.5 Å². The molecule has 0 fully saturated rings. The second kappa shape index (κ2) is 12.1. The van der Waals surface area contributed by atoms with Gasteiger partial charge in [-0.05, 0) is 54.6 Å². The molecule has 0 atom stereocenters. The van der Waals surface area contributed by atoms with E-state index in [9.17, 15) is 22.4 Å². The van der Waals surface area contributed by atoms with Crippen LogP contribution in [0.5, 0.6) is 11.5 Å². The molecule has 0 bridgehead atoms. The average molecular weight is 602 g/mol. The number of aromatic nitrogens is 2. The lowest BCUT2D eigenvalue weighted by atomic mass is 10.1. The van der Waals surface area contributed by atoms with Crippen LogP contribution in [0.2, 0.25) is 0 Å². The summed E-state index contributed by atoms with van der Waals surface area (Å²) in [6.45, 7) is 0. The van der Waals surface area contributed by atoms with Gasteiger partial charge in [-0.2, -0.15) is 0 Å². The first-order valence-corrected chi connectivity index (χ1v) is 14.1. The minimum atomic E-state index is -4.29. The summed E-state index contributed by atoms with van der Waals surface area (Å²) < 4.78 is 54.3. The van der Waals surface area contributed by atoms with E-state index in [1.165, 1.54) is 50.6 Å². The Labute approximate surface area is 245 Å². The van der Waals surface area contributed by atoms with Gasteiger partial charge in [-0.25, -0.2) is 22.8 Å². The number of para-hydroxylation sites is 2. The molecule has 1 amide bonds. The van der Waals surface area contributed by atoms with E-state index in [1.807, 2.05) is 0 Å². The van der Waals surface area contributed by atoms with Crippen LogP contribution >= 0.6 is 0 Å². The molecule has 43 heavy (non-hydrogen) atoms. The van der Waals surface area contributed by atoms with Crippen molar-refractivity contribution in [1.82, 2.24) is 9.97 Å². The molecule has 5 aromatic rings. The van der Waals surface area contributed by atoms with Crippen LogP contribution in [0.25, 0.3) is 11.0 Å². The number of carbonyl (C=O) groups is 2. The number of benzene rings is 4. The van der Waals surface area contributed by atoms with Gasteiger partial charge in [0.05, 0.1) is 30.1 Å². The maximum atomic E-state index is 14.4. The molecule has 0 saturated carbocycles. The Hall–Kier alpha value is -5.56. The average Bonchev–Trinajstić information content (AvgIpc) is 3.00. The van der Waals surface area contributed by atoms with Crippen molar-refractivity contribution in [3.05, 3.63) is 102 Å². The monoisotopic (exact) mass is 601 g/mol. The molecule has 0 aliphatic heterocycles. The lowest BCUT2D eigenvalue weighted by Gasteiger charge is -2.15. The number of rotatable bonds is 10. The van der Waals surface area contributed by atoms with Crippen LogP contribution < -0.4 is 24.8 Å². The summed E-state index contributed by atoms with van der Waals surface area (Å²) in [5.74, 6) is -1.27. The highest BCUT2D eigenvalue weighted by molar-refractivity contribution is 7.92. The van der Waals surface area contributed by atoms with Crippen LogP contribution in [0.1, 0.15) is 20.7 Å². The fourth-order valence-corrected chi connectivity index (χ4v) is 5.25. The van der Waals surface area contributed by atoms with Gasteiger partial charge in [0, 0.05) is 23.0 Å². The fourth-order valence-electron chi connectivity index (χ4n) is 4.19. The number of hydrogen-bond donors (Lipinski definition) is 3. The number of amides is 1. The summed E-state index contributed by atoms with van der Waals surface area (Å²) in [7, 11) is -1.53. The van der Waals surface area contributed by atoms with Gasteiger partial charge in [0.1, 0.15) is 29.2 Å². The number of aldehydes is 1. The summed E-state index contributed by atoms with van der Waals surface area (Å²) in [4.78, 5) is 33.1. The molecule has 0 aliphatic rings. The van der Waals surface area contributed by atoms with E-state index in [0.29, 0.717) is 34.3 Å². The van der Waals surface area contributed by atoms with E-state index < -0.39 is 21.7 Å². The molecule has 0 aliphatic carbocycles. The summed E-state index contributed by atoms with van der Waals surface area (Å²) in [6.07, 6.45) is 0.650. The Balaban J connectivity index is 1.48. The first-order chi connectivity index (χ1) is 20.7. The van der Waals surface area contributed by atoms with Crippen molar-refractivity contribution < 1.29 is 31.9 Å². The zero-order valence-electron chi connectivity index (χ0n) is 22.8. The molecule has 0 spiro atoms. The fraction of sp³-hybridized carbons (Fsp3) is 0.0667. The van der Waals surface area contributed by atoms with Gasteiger partial charge in [0.15, 0.2) is 11.6 Å². The smallest absolute Gasteiger partial charge is 0.263 e. The van der Waals surface area contributed by atoms with E-state index in [4.69, 9.17) is 9.47 Å². The predicted molar refractivity (Wildman–Crippen MR) is 159 cm³/mol. The van der Waals surface area contributed by atoms with Crippen LogP contribution in [0, 0.1) is 5.82 Å². The molecule has 0 saturated heterocycles. The van der Waals surface area contributed by atoms with Crippen molar-refractivity contribution in [2.24, 2.45) is 0 Å². The second-order valence-electron chi connectivity index (χ2n) is 9.05. The van der Waals surface area contributed by atoms with Crippen molar-refractivity contribution in [3.63, 3.8) is 0 Å². The summed E-state index contributed by atoms with van der Waals surface area (Å²) in [5.41, 5.74) is 1.40. The van der Waals surface area contributed by atoms with Gasteiger partial charge in [-0.1, -0.05) is 24.3 Å². The topological polar surface area (TPSA) is 149 Å². The lowest BCUT2D eigenvalue weighted by Crippen LogP contribution is -2.18. The Morgan fingerprint density at radius 3 is 2.26 bits per heavy atom. The van der Waals surface area contributed by atoms with Crippen molar-refractivity contribution in [1.29, 1.82) is 0 Å². The SMILES string of the molecule is COc1cc(C=O)cc(Nc2nc3ccccc3nc2NS(=O)(=O)c2cccc(NC(=O)c3c(F)cccc3OC)c2)c1. The molecule has 11 nitrogen and oxygen atoms in total. The molecule has 218 valence electrons. The summed E-state index contributed by atoms with van der Waals surface area (Å²) in [6, 6.07) is 20.9. The van der Waals surface area contributed by atoms with Gasteiger partial charge in [-0.15, -0.1) is 0 Å². The number of methoxy groups -OCH3 is 2. The molecular weight excluding hydrogens is 577 g/mol. The minimum Gasteiger partial charge on any atom is -0.497 e. The number of sulfonamides is 1. The standard InChI is InChI=1S/C30H24FN5O6S/c1-41-21-14-18(17-37)13-20(15-21)32-28-29(35-25-11-4-3-10-24(25)34-28)36-43(39,40)22-8-5-7-19(16-22)33-30(38)27-23(31)9-6-12-26(27)42-2/h3-17H,1-2H3,(H,32,34)(H,33,38)(H,35,36). The van der Waals surface area contributed by atoms with Gasteiger partial charge in [0.25, 0.3) is 15.9 Å². The molecule has 0 unspecified atom stereocenters. The largest absolute Gasteiger partial charge is 0.497 e. The zero-order chi connectivity index (χ0) is 30.6. The Kier molecular flexibility index (Phi) is 8.16. The van der Waals surface area contributed by atoms with Crippen LogP contribution in [0.4, 0.5) is 27.4 Å². The van der Waals surface area contributed by atoms with Crippen molar-refractivity contribution in [2.45, 2.75) is 4.90 Å². The van der Waals surface area contributed by atoms with E-state index >= 15 is 0 Å². The molecule has 0 radical (unpaired) electrons. The number of ether oxygens (including phenoxy) is 2. The normalized spacial score (nSPS) is 11.0. The van der Waals surface area contributed by atoms with Gasteiger partial charge in [0.2, 0.25) is 0 Å². The maximum absolute atomic E-state index is 14.4. The molecule has 5 rings (SSSR count). The second-order valence-corrected chi connectivity index (χ2v) is 10.7. The Morgan fingerprint density at radius 1 is 0.837 bits per heavy atom. The van der Waals surface area contributed by atoms with E-state index in [-0.39, 0.29) is 33.5 Å². The highest BCUT2D eigenvalue weighted by atomic mass is 32.2. The third kappa shape index (κ3) is 6.36. The third-order valence-corrected chi connectivity index (χ3v) is 7.53. The highest BCUT2D eigenvalue weighted by Gasteiger charge is 2.22. The first kappa shape index (κ1) is 29.0. The highest BCUT2D eigenvalue weighted by Crippen LogP contribution is 2.30. The first-order valence-electron chi connectivity index (χ1n) is 12.7. The number of nitrogens with one attached hydrogen (secondary N) is 3. The van der Waals surface area contributed by atoms with E-state index in [1.54, 1.807) is 42.5 Å². The Bertz CT molecular complexity index is 1970. The maximum Gasteiger partial charge on any atom is 0.263 e. The number of carbonyl (C=O) groups excluding carboxylic acids is 2. The van der Waals surface area contributed by atoms with Crippen molar-refractivity contribution >= 4 is 56.3 Å². The number of hydrogen-bond acceptors (Lipinski definition) is 9. The molecule has 1 aromatic heterocycles. The van der Waals surface area contributed by atoms with Gasteiger partial charge >= 0.3 is 0 Å². The van der Waals surface area contributed by atoms with Crippen LogP contribution in [0.3, 0.4) is 0 Å². The van der Waals surface area contributed by atoms with Crippen LogP contribution in [-0.4, -0.2) is 44.8 Å². The van der Waals surface area contributed by atoms with Gasteiger partial charge < -0.3 is 20.1 Å². The molecule has 13 heteroatoms. The van der Waals surface area contributed by atoms with Gasteiger partial charge in [-0.3, -0.25) is 14.3 Å². The molecule has 3 N–H and O–H groups in total. The van der Waals surface area contributed by atoms with Crippen molar-refractivity contribution in [2.75, 3.05) is 29.6 Å². The molecule has 1 heterocycles. The summed E-state index contributed by atoms with van der Waals surface area (Å²) in [5, 5.41) is 5.52. The van der Waals surface area contributed by atoms with E-state index in [2.05, 4.69) is 25.3 Å². The number of halogens is 1. The van der Waals surface area contributed by atoms with E-state index in [0.717, 1.165) is 6.07 Å². The zero-order valence-corrected chi connectivity index (χ0v) is 23.6. The number of nitrogens with zero attached hydrogens (tertiary/aromatic N) is 2. The minimum absolute atomic E-state index is 0.0224. The van der Waals surface area contributed by atoms with Crippen LogP contribution in [0.15, 0.2) is 89.8 Å². The lowest BCUT2D eigenvalue weighted by molar-refractivity contribution is 0.101.